The van der Waals surface area contributed by atoms with Crippen LogP contribution in [0, 0.1) is 0 Å². The minimum Gasteiger partial charge on any atom is -0.486 e. The van der Waals surface area contributed by atoms with E-state index in [-0.39, 0.29) is 0 Å². The molecule has 5 heteroatoms. The van der Waals surface area contributed by atoms with Crippen molar-refractivity contribution in [2.45, 2.75) is 13.5 Å². The van der Waals surface area contributed by atoms with E-state index >= 15 is 0 Å². The van der Waals surface area contributed by atoms with E-state index < -0.39 is 5.97 Å². The average molecular weight is 350 g/mol. The predicted molar refractivity (Wildman–Crippen MR) is 85.3 cm³/mol. The molecule has 0 saturated heterocycles. The SMILES string of the molecule is CCOC(=O)c1cccc(N)c1OCc1ccc(Br)cc1. The van der Waals surface area contributed by atoms with E-state index in [0.29, 0.717) is 30.2 Å². The molecule has 0 unspecified atom stereocenters. The fraction of sp³-hybridized carbons (Fsp3) is 0.188. The molecule has 0 saturated carbocycles. The number of nitrogens with two attached hydrogens (primary N) is 1. The molecule has 0 heterocycles. The molecular formula is C16H16BrNO3. The zero-order chi connectivity index (χ0) is 15.2. The van der Waals surface area contributed by atoms with E-state index in [1.54, 1.807) is 25.1 Å². The molecule has 2 aromatic rings. The lowest BCUT2D eigenvalue weighted by Crippen LogP contribution is -2.09. The standard InChI is InChI=1S/C16H16BrNO3/c1-2-20-16(19)13-4-3-5-14(18)15(13)21-10-11-6-8-12(17)9-7-11/h3-9H,2,10,18H2,1H3. The Kier molecular flexibility index (Phi) is 5.22. The highest BCUT2D eigenvalue weighted by molar-refractivity contribution is 9.10. The van der Waals surface area contributed by atoms with Crippen LogP contribution in [0.4, 0.5) is 5.69 Å². The van der Waals surface area contributed by atoms with Crippen LogP contribution in [0.15, 0.2) is 46.9 Å². The second-order valence-corrected chi connectivity index (χ2v) is 5.28. The number of hydrogen-bond donors (Lipinski definition) is 1. The molecule has 0 atom stereocenters. The van der Waals surface area contributed by atoms with E-state index in [1.165, 1.54) is 0 Å². The molecule has 21 heavy (non-hydrogen) atoms. The van der Waals surface area contributed by atoms with Gasteiger partial charge in [0.2, 0.25) is 0 Å². The number of hydrogen-bond acceptors (Lipinski definition) is 4. The van der Waals surface area contributed by atoms with Crippen LogP contribution in [0.25, 0.3) is 0 Å². The molecule has 0 aliphatic rings. The van der Waals surface area contributed by atoms with Gasteiger partial charge in [-0.05, 0) is 36.8 Å². The maximum absolute atomic E-state index is 11.9. The third-order valence-corrected chi connectivity index (χ3v) is 3.37. The first-order valence-electron chi connectivity index (χ1n) is 6.54. The molecule has 2 N–H and O–H groups in total. The monoisotopic (exact) mass is 349 g/mol. The van der Waals surface area contributed by atoms with Gasteiger partial charge in [-0.1, -0.05) is 34.1 Å². The van der Waals surface area contributed by atoms with Crippen molar-refractivity contribution in [3.8, 4) is 5.75 Å². The van der Waals surface area contributed by atoms with E-state index in [2.05, 4.69) is 15.9 Å². The topological polar surface area (TPSA) is 61.5 Å². The van der Waals surface area contributed by atoms with Crippen LogP contribution in [0.2, 0.25) is 0 Å². The fourth-order valence-corrected chi connectivity index (χ4v) is 2.09. The van der Waals surface area contributed by atoms with Gasteiger partial charge >= 0.3 is 5.97 Å². The van der Waals surface area contributed by atoms with Gasteiger partial charge < -0.3 is 15.2 Å². The Labute approximate surface area is 132 Å². The normalized spacial score (nSPS) is 10.2. The molecule has 0 spiro atoms. The number of benzene rings is 2. The molecule has 0 radical (unpaired) electrons. The van der Waals surface area contributed by atoms with Crippen LogP contribution >= 0.6 is 15.9 Å². The molecule has 0 amide bonds. The van der Waals surface area contributed by atoms with Crippen molar-refractivity contribution in [3.05, 3.63) is 58.1 Å². The summed E-state index contributed by atoms with van der Waals surface area (Å²) < 4.78 is 11.7. The van der Waals surface area contributed by atoms with Crippen LogP contribution in [0.5, 0.6) is 5.75 Å². The summed E-state index contributed by atoms with van der Waals surface area (Å²) in [5.41, 5.74) is 7.64. The van der Waals surface area contributed by atoms with E-state index in [0.717, 1.165) is 10.0 Å². The van der Waals surface area contributed by atoms with Crippen LogP contribution in [-0.4, -0.2) is 12.6 Å². The van der Waals surface area contributed by atoms with Gasteiger partial charge in [0, 0.05) is 4.47 Å². The molecule has 2 rings (SSSR count). The molecule has 0 aromatic heterocycles. The van der Waals surface area contributed by atoms with Gasteiger partial charge in [0.1, 0.15) is 12.2 Å². The Morgan fingerprint density at radius 1 is 1.19 bits per heavy atom. The number of para-hydroxylation sites is 1. The lowest BCUT2D eigenvalue weighted by atomic mass is 10.1. The van der Waals surface area contributed by atoms with Gasteiger partial charge in [0.25, 0.3) is 0 Å². The Hall–Kier alpha value is -2.01. The summed E-state index contributed by atoms with van der Waals surface area (Å²) in [7, 11) is 0. The summed E-state index contributed by atoms with van der Waals surface area (Å²) in [5.74, 6) is -0.0746. The van der Waals surface area contributed by atoms with Crippen LogP contribution in [0.1, 0.15) is 22.8 Å². The number of ether oxygens (including phenoxy) is 2. The third-order valence-electron chi connectivity index (χ3n) is 2.84. The van der Waals surface area contributed by atoms with Gasteiger partial charge in [-0.2, -0.15) is 0 Å². The van der Waals surface area contributed by atoms with Crippen molar-refractivity contribution >= 4 is 27.6 Å². The Morgan fingerprint density at radius 3 is 2.57 bits per heavy atom. The summed E-state index contributed by atoms with van der Waals surface area (Å²) in [6.07, 6.45) is 0. The quantitative estimate of drug-likeness (QED) is 0.658. The molecule has 110 valence electrons. The van der Waals surface area contributed by atoms with Gasteiger partial charge in [0.05, 0.1) is 12.3 Å². The van der Waals surface area contributed by atoms with E-state index in [9.17, 15) is 4.79 Å². The fourth-order valence-electron chi connectivity index (χ4n) is 1.82. The van der Waals surface area contributed by atoms with Crippen molar-refractivity contribution in [2.75, 3.05) is 12.3 Å². The predicted octanol–water partition coefficient (Wildman–Crippen LogP) is 3.79. The zero-order valence-corrected chi connectivity index (χ0v) is 13.2. The van der Waals surface area contributed by atoms with Crippen LogP contribution in [-0.2, 0) is 11.3 Å². The lowest BCUT2D eigenvalue weighted by Gasteiger charge is -2.13. The van der Waals surface area contributed by atoms with Crippen molar-refractivity contribution in [1.82, 2.24) is 0 Å². The zero-order valence-electron chi connectivity index (χ0n) is 11.6. The highest BCUT2D eigenvalue weighted by Gasteiger charge is 2.16. The van der Waals surface area contributed by atoms with Crippen molar-refractivity contribution in [2.24, 2.45) is 0 Å². The minimum atomic E-state index is -0.435. The molecule has 0 fully saturated rings. The van der Waals surface area contributed by atoms with Crippen molar-refractivity contribution < 1.29 is 14.3 Å². The van der Waals surface area contributed by atoms with E-state index in [4.69, 9.17) is 15.2 Å². The molecule has 0 aliphatic carbocycles. The van der Waals surface area contributed by atoms with Gasteiger partial charge in [-0.25, -0.2) is 4.79 Å². The first-order chi connectivity index (χ1) is 10.1. The van der Waals surface area contributed by atoms with Crippen LogP contribution < -0.4 is 10.5 Å². The molecular weight excluding hydrogens is 334 g/mol. The second-order valence-electron chi connectivity index (χ2n) is 4.36. The maximum atomic E-state index is 11.9. The Balaban J connectivity index is 2.18. The van der Waals surface area contributed by atoms with Crippen LogP contribution in [0.3, 0.4) is 0 Å². The number of halogens is 1. The first kappa shape index (κ1) is 15.4. The summed E-state index contributed by atoms with van der Waals surface area (Å²) in [6, 6.07) is 12.8. The number of carbonyl (C=O) groups is 1. The highest BCUT2D eigenvalue weighted by atomic mass is 79.9. The average Bonchev–Trinajstić information content (AvgIpc) is 2.47. The third kappa shape index (κ3) is 3.98. The Morgan fingerprint density at radius 2 is 1.90 bits per heavy atom. The number of anilines is 1. The number of rotatable bonds is 5. The first-order valence-corrected chi connectivity index (χ1v) is 7.34. The minimum absolute atomic E-state index is 0.305. The van der Waals surface area contributed by atoms with Crippen molar-refractivity contribution in [3.63, 3.8) is 0 Å². The number of carbonyl (C=O) groups excluding carboxylic acids is 1. The molecule has 4 nitrogen and oxygen atoms in total. The van der Waals surface area contributed by atoms with Crippen molar-refractivity contribution in [1.29, 1.82) is 0 Å². The Bertz CT molecular complexity index is 626. The largest absolute Gasteiger partial charge is 0.486 e. The number of esters is 1. The summed E-state index contributed by atoms with van der Waals surface area (Å²) in [5, 5.41) is 0. The highest BCUT2D eigenvalue weighted by Crippen LogP contribution is 2.28. The lowest BCUT2D eigenvalue weighted by molar-refractivity contribution is 0.0521. The van der Waals surface area contributed by atoms with Gasteiger partial charge in [-0.3, -0.25) is 0 Å². The number of nitrogen functional groups attached to an aromatic ring is 1. The summed E-state index contributed by atoms with van der Waals surface area (Å²) in [4.78, 5) is 11.9. The van der Waals surface area contributed by atoms with Gasteiger partial charge in [-0.15, -0.1) is 0 Å². The van der Waals surface area contributed by atoms with E-state index in [1.807, 2.05) is 24.3 Å². The molecule has 0 aliphatic heterocycles. The van der Waals surface area contributed by atoms with Gasteiger partial charge in [0.15, 0.2) is 5.75 Å². The second kappa shape index (κ2) is 7.13. The summed E-state index contributed by atoms with van der Waals surface area (Å²) in [6.45, 7) is 2.39. The smallest absolute Gasteiger partial charge is 0.341 e. The summed E-state index contributed by atoms with van der Waals surface area (Å²) >= 11 is 3.38. The maximum Gasteiger partial charge on any atom is 0.341 e. The molecule has 2 aromatic carbocycles. The molecule has 0 bridgehead atoms.